The smallest absolute Gasteiger partial charge is 0.277 e. The van der Waals surface area contributed by atoms with E-state index in [1.807, 2.05) is 13.8 Å². The summed E-state index contributed by atoms with van der Waals surface area (Å²) in [5.74, 6) is -1.49. The highest BCUT2D eigenvalue weighted by Gasteiger charge is 2.31. The van der Waals surface area contributed by atoms with Crippen LogP contribution in [0.4, 0.5) is 4.39 Å². The quantitative estimate of drug-likeness (QED) is 0.239. The van der Waals surface area contributed by atoms with Crippen LogP contribution in [0.5, 0.6) is 5.88 Å². The Labute approximate surface area is 255 Å². The van der Waals surface area contributed by atoms with Crippen molar-refractivity contribution in [3.8, 4) is 23.1 Å². The lowest BCUT2D eigenvalue weighted by Crippen LogP contribution is -2.33. The Kier molecular flexibility index (Phi) is 9.96. The lowest BCUT2D eigenvalue weighted by atomic mass is 10.0. The van der Waals surface area contributed by atoms with Crippen LogP contribution in [0, 0.1) is 17.1 Å². The third kappa shape index (κ3) is 6.55. The molecule has 0 radical (unpaired) electrons. The molecule has 44 heavy (non-hydrogen) atoms. The van der Waals surface area contributed by atoms with E-state index in [0.717, 1.165) is 6.42 Å². The molecule has 0 saturated carbocycles. The zero-order valence-electron chi connectivity index (χ0n) is 24.7. The number of sulfone groups is 1. The second-order valence-electron chi connectivity index (χ2n) is 10.3. The fourth-order valence-electron chi connectivity index (χ4n) is 5.11. The Bertz CT molecular complexity index is 1900. The van der Waals surface area contributed by atoms with Gasteiger partial charge in [-0.05, 0) is 59.9 Å². The van der Waals surface area contributed by atoms with Crippen molar-refractivity contribution in [2.75, 3.05) is 7.05 Å². The van der Waals surface area contributed by atoms with Gasteiger partial charge in [0.1, 0.15) is 11.6 Å². The summed E-state index contributed by atoms with van der Waals surface area (Å²) in [6, 6.07) is 17.8. The molecule has 1 amide bonds. The maximum Gasteiger partial charge on any atom is 0.277 e. The van der Waals surface area contributed by atoms with Crippen molar-refractivity contribution in [1.29, 1.82) is 5.26 Å². The molecular formula is C33H33FN4O5S. The minimum absolute atomic E-state index is 0.0137. The highest BCUT2D eigenvalue weighted by atomic mass is 32.2. The van der Waals surface area contributed by atoms with E-state index in [9.17, 15) is 32.8 Å². The largest absolute Gasteiger partial charge is 0.492 e. The fourth-order valence-corrected chi connectivity index (χ4v) is 6.45. The van der Waals surface area contributed by atoms with Gasteiger partial charge in [-0.15, -0.1) is 0 Å². The van der Waals surface area contributed by atoms with Crippen molar-refractivity contribution < 1.29 is 22.7 Å². The number of carbonyl (C=O) groups excluding carboxylic acids is 1. The van der Waals surface area contributed by atoms with E-state index in [-0.39, 0.29) is 28.6 Å². The second kappa shape index (κ2) is 13.7. The number of aryl methyl sites for hydroxylation is 1. The zero-order valence-corrected chi connectivity index (χ0v) is 25.5. The Balaban J connectivity index is 1.79. The summed E-state index contributed by atoms with van der Waals surface area (Å²) in [6.07, 6.45) is 2.16. The maximum absolute atomic E-state index is 14.9. The number of likely N-dealkylation sites (N-methyl/N-ethyl adjacent to an activating group) is 1. The average molecular weight is 617 g/mol. The average Bonchev–Trinajstić information content (AvgIpc) is 3.01. The van der Waals surface area contributed by atoms with Crippen LogP contribution in [0.15, 0.2) is 81.3 Å². The minimum Gasteiger partial charge on any atom is -0.492 e. The van der Waals surface area contributed by atoms with Gasteiger partial charge in [0.15, 0.2) is 4.90 Å². The molecule has 4 aromatic rings. The predicted octanol–water partition coefficient (Wildman–Crippen LogP) is 5.09. The number of nitrogens with one attached hydrogen (secondary N) is 1. The molecular weight excluding hydrogens is 583 g/mol. The first-order valence-corrected chi connectivity index (χ1v) is 15.7. The Hall–Kier alpha value is -4.82. The number of benzene rings is 3. The second-order valence-corrected chi connectivity index (χ2v) is 12.2. The topological polar surface area (TPSA) is 142 Å². The lowest BCUT2D eigenvalue weighted by molar-refractivity contribution is -0.119. The number of unbranched alkanes of at least 4 members (excludes halogenated alkanes) is 1. The van der Waals surface area contributed by atoms with Crippen LogP contribution in [0.2, 0.25) is 0 Å². The van der Waals surface area contributed by atoms with Gasteiger partial charge in [0.25, 0.3) is 5.56 Å². The number of nitriles is 1. The van der Waals surface area contributed by atoms with E-state index in [1.54, 1.807) is 30.3 Å². The molecule has 0 aliphatic rings. The molecule has 0 bridgehead atoms. The Morgan fingerprint density at radius 2 is 1.84 bits per heavy atom. The van der Waals surface area contributed by atoms with E-state index in [1.165, 1.54) is 48.0 Å². The molecule has 3 aromatic carbocycles. The van der Waals surface area contributed by atoms with Gasteiger partial charge in [-0.25, -0.2) is 12.8 Å². The van der Waals surface area contributed by atoms with Crippen LogP contribution in [0.25, 0.3) is 11.1 Å². The molecule has 9 nitrogen and oxygen atoms in total. The maximum atomic E-state index is 14.9. The molecule has 0 spiro atoms. The summed E-state index contributed by atoms with van der Waals surface area (Å²) in [7, 11) is -3.07. The summed E-state index contributed by atoms with van der Waals surface area (Å²) in [5.41, 5.74) is 1.17. The Morgan fingerprint density at radius 1 is 1.11 bits per heavy atom. The summed E-state index contributed by atoms with van der Waals surface area (Å²) in [4.78, 5) is 28.7. The van der Waals surface area contributed by atoms with Crippen molar-refractivity contribution in [2.24, 2.45) is 0 Å². The lowest BCUT2D eigenvalue weighted by Gasteiger charge is -2.23. The number of aromatic hydroxyl groups is 1. The van der Waals surface area contributed by atoms with Crippen LogP contribution in [-0.2, 0) is 27.5 Å². The van der Waals surface area contributed by atoms with Crippen molar-refractivity contribution in [3.63, 3.8) is 0 Å². The molecule has 4 rings (SSSR count). The van der Waals surface area contributed by atoms with Gasteiger partial charge in [-0.3, -0.25) is 14.2 Å². The molecule has 1 heterocycles. The van der Waals surface area contributed by atoms with E-state index in [2.05, 4.69) is 16.4 Å². The van der Waals surface area contributed by atoms with Crippen LogP contribution in [-0.4, -0.2) is 36.0 Å². The van der Waals surface area contributed by atoms with Crippen molar-refractivity contribution in [1.82, 2.24) is 14.9 Å². The molecule has 0 fully saturated rings. The molecule has 0 aliphatic heterocycles. The van der Waals surface area contributed by atoms with Crippen molar-refractivity contribution >= 4 is 15.7 Å². The van der Waals surface area contributed by atoms with E-state index < -0.39 is 38.0 Å². The molecule has 1 aromatic heterocycles. The van der Waals surface area contributed by atoms with E-state index >= 15 is 0 Å². The first kappa shape index (κ1) is 32.1. The number of nitrogens with zero attached hydrogens (tertiary/aromatic N) is 3. The van der Waals surface area contributed by atoms with Crippen LogP contribution >= 0.6 is 0 Å². The van der Waals surface area contributed by atoms with Crippen LogP contribution < -0.4 is 10.9 Å². The van der Waals surface area contributed by atoms with Gasteiger partial charge in [0, 0.05) is 19.0 Å². The number of amides is 1. The normalized spacial score (nSPS) is 12.0. The first-order valence-electron chi connectivity index (χ1n) is 14.2. The van der Waals surface area contributed by atoms with Gasteiger partial charge >= 0.3 is 0 Å². The van der Waals surface area contributed by atoms with Gasteiger partial charge in [-0.2, -0.15) is 10.2 Å². The summed E-state index contributed by atoms with van der Waals surface area (Å²) < 4.78 is 43.9. The van der Waals surface area contributed by atoms with Crippen LogP contribution in [0.1, 0.15) is 61.7 Å². The summed E-state index contributed by atoms with van der Waals surface area (Å²) >= 11 is 0. The first-order chi connectivity index (χ1) is 21.0. The highest BCUT2D eigenvalue weighted by molar-refractivity contribution is 7.91. The van der Waals surface area contributed by atoms with Gasteiger partial charge < -0.3 is 10.4 Å². The zero-order chi connectivity index (χ0) is 32.0. The number of hydrogen-bond donors (Lipinski definition) is 2. The molecule has 1 atom stereocenters. The van der Waals surface area contributed by atoms with Crippen molar-refractivity contribution in [3.05, 3.63) is 105 Å². The van der Waals surface area contributed by atoms with Crippen molar-refractivity contribution in [2.45, 2.75) is 61.8 Å². The molecule has 228 valence electrons. The summed E-state index contributed by atoms with van der Waals surface area (Å²) in [5, 5.41) is 22.7. The van der Waals surface area contributed by atoms with E-state index in [0.29, 0.717) is 41.5 Å². The number of hydrogen-bond acceptors (Lipinski definition) is 7. The minimum atomic E-state index is -4.57. The fraction of sp³-hybridized carbons (Fsp3) is 0.273. The number of rotatable bonds is 11. The molecule has 0 unspecified atom stereocenters. The number of aromatic nitrogens is 2. The summed E-state index contributed by atoms with van der Waals surface area (Å²) in [6.45, 7) is 3.80. The third-order valence-corrected chi connectivity index (χ3v) is 9.19. The SMILES string of the molecule is CCCCc1nc(O)c(S(=O)(=O)c2ccc(-c3ccc(CC(=O)NC)cc3F)cc2)c(=O)n1[C@@H](CC)c1cccc(C#N)c1. The number of carbonyl (C=O) groups is 1. The molecule has 0 saturated heterocycles. The van der Waals surface area contributed by atoms with Gasteiger partial charge in [0.2, 0.25) is 21.6 Å². The standard InChI is InChI=1S/C33H33FN4O5S/c1-4-6-10-29-37-32(40)31(33(41)38(29)28(5-2)24-9-7-8-22(17-24)20-35)44(42,43)25-14-12-23(13-15-25)26-16-11-21(18-27(26)34)19-30(39)36-3/h7-9,11-18,28,40H,4-6,10,19H2,1-3H3,(H,36,39)/t28-/m0/s1. The van der Waals surface area contributed by atoms with Crippen LogP contribution in [0.3, 0.4) is 0 Å². The predicted molar refractivity (Wildman–Crippen MR) is 163 cm³/mol. The van der Waals surface area contributed by atoms with Gasteiger partial charge in [0.05, 0.1) is 29.0 Å². The Morgan fingerprint density at radius 3 is 2.45 bits per heavy atom. The third-order valence-electron chi connectivity index (χ3n) is 7.40. The molecule has 0 aliphatic carbocycles. The monoisotopic (exact) mass is 616 g/mol. The van der Waals surface area contributed by atoms with E-state index in [4.69, 9.17) is 0 Å². The van der Waals surface area contributed by atoms with Gasteiger partial charge in [-0.1, -0.05) is 56.7 Å². The molecule has 2 N–H and O–H groups in total. The highest BCUT2D eigenvalue weighted by Crippen LogP contribution is 2.31. The molecule has 11 heteroatoms. The number of halogens is 1.